The molecule has 4 nitrogen and oxygen atoms in total. The molecule has 1 atom stereocenters. The molecule has 0 saturated heterocycles. The number of hydrogen-bond donors (Lipinski definition) is 2. The summed E-state index contributed by atoms with van der Waals surface area (Å²) in [5.41, 5.74) is 3.92. The zero-order valence-electron chi connectivity index (χ0n) is 12.8. The number of aryl methyl sites for hydroxylation is 2. The minimum atomic E-state index is 0.544. The highest BCUT2D eigenvalue weighted by atomic mass is 15.3. The van der Waals surface area contributed by atoms with E-state index in [2.05, 4.69) is 48.1 Å². The lowest BCUT2D eigenvalue weighted by Gasteiger charge is -2.14. The highest BCUT2D eigenvalue weighted by Gasteiger charge is 2.20. The van der Waals surface area contributed by atoms with Crippen molar-refractivity contribution in [3.05, 3.63) is 17.0 Å². The zero-order valence-corrected chi connectivity index (χ0v) is 12.8. The molecule has 4 heteroatoms. The first-order chi connectivity index (χ1) is 9.11. The molecule has 2 N–H and O–H groups in total. The van der Waals surface area contributed by atoms with Gasteiger partial charge in [0.05, 0.1) is 5.69 Å². The molecule has 1 fully saturated rings. The Kier molecular flexibility index (Phi) is 4.99. The Balaban J connectivity index is 1.73. The van der Waals surface area contributed by atoms with Crippen molar-refractivity contribution >= 4 is 0 Å². The second-order valence-electron chi connectivity index (χ2n) is 5.75. The second-order valence-corrected chi connectivity index (χ2v) is 5.75. The number of nitrogens with one attached hydrogen (secondary N) is 2. The molecule has 19 heavy (non-hydrogen) atoms. The Morgan fingerprint density at radius 2 is 2.11 bits per heavy atom. The van der Waals surface area contributed by atoms with Gasteiger partial charge in [-0.3, -0.25) is 4.68 Å². The highest BCUT2D eigenvalue weighted by Crippen LogP contribution is 2.18. The molecule has 2 rings (SSSR count). The van der Waals surface area contributed by atoms with Crippen molar-refractivity contribution in [1.29, 1.82) is 0 Å². The molecule has 1 aromatic rings. The molecule has 1 saturated carbocycles. The van der Waals surface area contributed by atoms with Gasteiger partial charge in [0, 0.05) is 30.9 Å². The van der Waals surface area contributed by atoms with Gasteiger partial charge < -0.3 is 10.6 Å². The molecule has 0 spiro atoms. The average Bonchev–Trinajstić information content (AvgIpc) is 3.17. The largest absolute Gasteiger partial charge is 0.313 e. The van der Waals surface area contributed by atoms with E-state index in [0.29, 0.717) is 6.04 Å². The fourth-order valence-corrected chi connectivity index (χ4v) is 2.55. The van der Waals surface area contributed by atoms with Crippen LogP contribution in [0.1, 0.15) is 43.6 Å². The van der Waals surface area contributed by atoms with E-state index in [1.807, 2.05) is 0 Å². The molecule has 0 bridgehead atoms. The first-order valence-corrected chi connectivity index (χ1v) is 7.61. The fraction of sp³-hybridized carbons (Fsp3) is 0.800. The van der Waals surface area contributed by atoms with E-state index in [4.69, 9.17) is 0 Å². The van der Waals surface area contributed by atoms with Crippen LogP contribution in [-0.4, -0.2) is 35.0 Å². The van der Waals surface area contributed by atoms with Crippen LogP contribution in [0.3, 0.4) is 0 Å². The summed E-state index contributed by atoms with van der Waals surface area (Å²) in [5, 5.41) is 11.7. The third-order valence-electron chi connectivity index (χ3n) is 3.99. The van der Waals surface area contributed by atoms with Gasteiger partial charge in [-0.1, -0.05) is 0 Å². The number of nitrogens with zero attached hydrogens (tertiary/aromatic N) is 2. The Hall–Kier alpha value is -0.870. The quantitative estimate of drug-likeness (QED) is 0.752. The maximum Gasteiger partial charge on any atom is 0.0628 e. The molecule has 1 heterocycles. The van der Waals surface area contributed by atoms with Gasteiger partial charge in [0.1, 0.15) is 0 Å². The van der Waals surface area contributed by atoms with Gasteiger partial charge in [-0.2, -0.15) is 5.10 Å². The van der Waals surface area contributed by atoms with Crippen molar-refractivity contribution < 1.29 is 0 Å². The first-order valence-electron chi connectivity index (χ1n) is 7.61. The highest BCUT2D eigenvalue weighted by molar-refractivity contribution is 5.24. The van der Waals surface area contributed by atoms with E-state index >= 15 is 0 Å². The SMILES string of the molecule is CCn1nc(C)c(CCNC(C)CNC2CC2)c1C. The summed E-state index contributed by atoms with van der Waals surface area (Å²) >= 11 is 0. The summed E-state index contributed by atoms with van der Waals surface area (Å²) in [4.78, 5) is 0. The van der Waals surface area contributed by atoms with Crippen molar-refractivity contribution in [1.82, 2.24) is 20.4 Å². The average molecular weight is 264 g/mol. The fourth-order valence-electron chi connectivity index (χ4n) is 2.55. The van der Waals surface area contributed by atoms with Crippen molar-refractivity contribution in [2.45, 2.75) is 65.6 Å². The maximum absolute atomic E-state index is 4.57. The van der Waals surface area contributed by atoms with Crippen molar-refractivity contribution in [2.24, 2.45) is 0 Å². The lowest BCUT2D eigenvalue weighted by Crippen LogP contribution is -2.38. The van der Waals surface area contributed by atoms with Crippen LogP contribution >= 0.6 is 0 Å². The predicted octanol–water partition coefficient (Wildman–Crippen LogP) is 1.79. The van der Waals surface area contributed by atoms with Crippen LogP contribution in [0.5, 0.6) is 0 Å². The third kappa shape index (κ3) is 4.05. The molecular formula is C15H28N4. The molecule has 1 aliphatic carbocycles. The Bertz CT molecular complexity index is 407. The van der Waals surface area contributed by atoms with Crippen LogP contribution < -0.4 is 10.6 Å². The summed E-state index contributed by atoms with van der Waals surface area (Å²) in [6.07, 6.45) is 3.80. The summed E-state index contributed by atoms with van der Waals surface area (Å²) in [6.45, 7) is 11.8. The van der Waals surface area contributed by atoms with Crippen LogP contribution in [0, 0.1) is 13.8 Å². The molecule has 0 aliphatic heterocycles. The van der Waals surface area contributed by atoms with Gasteiger partial charge in [-0.15, -0.1) is 0 Å². The number of hydrogen-bond acceptors (Lipinski definition) is 3. The summed E-state index contributed by atoms with van der Waals surface area (Å²) in [6, 6.07) is 1.35. The summed E-state index contributed by atoms with van der Waals surface area (Å²) in [5.74, 6) is 0. The van der Waals surface area contributed by atoms with Gasteiger partial charge in [0.25, 0.3) is 0 Å². The molecule has 0 aromatic carbocycles. The van der Waals surface area contributed by atoms with Crippen LogP contribution in [-0.2, 0) is 13.0 Å². The smallest absolute Gasteiger partial charge is 0.0628 e. The molecule has 1 unspecified atom stereocenters. The molecule has 1 aromatic heterocycles. The van der Waals surface area contributed by atoms with Crippen molar-refractivity contribution in [3.63, 3.8) is 0 Å². The molecule has 1 aliphatic rings. The standard InChI is InChI=1S/C15H28N4/c1-5-19-13(4)15(12(3)18-19)8-9-16-11(2)10-17-14-6-7-14/h11,14,16-17H,5-10H2,1-4H3. The van der Waals surface area contributed by atoms with E-state index in [9.17, 15) is 0 Å². The van der Waals surface area contributed by atoms with Crippen molar-refractivity contribution in [3.8, 4) is 0 Å². The predicted molar refractivity (Wildman–Crippen MR) is 79.6 cm³/mol. The topological polar surface area (TPSA) is 41.9 Å². The number of rotatable bonds is 8. The zero-order chi connectivity index (χ0) is 13.8. The maximum atomic E-state index is 4.57. The first kappa shape index (κ1) is 14.5. The van der Waals surface area contributed by atoms with E-state index in [1.54, 1.807) is 0 Å². The molecule has 108 valence electrons. The number of aromatic nitrogens is 2. The lowest BCUT2D eigenvalue weighted by molar-refractivity contribution is 0.502. The monoisotopic (exact) mass is 264 g/mol. The van der Waals surface area contributed by atoms with Gasteiger partial charge in [0.2, 0.25) is 0 Å². The Morgan fingerprint density at radius 3 is 2.68 bits per heavy atom. The second kappa shape index (κ2) is 6.53. The molecular weight excluding hydrogens is 236 g/mol. The van der Waals surface area contributed by atoms with Gasteiger partial charge in [-0.25, -0.2) is 0 Å². The van der Waals surface area contributed by atoms with Crippen molar-refractivity contribution in [2.75, 3.05) is 13.1 Å². The van der Waals surface area contributed by atoms with E-state index < -0.39 is 0 Å². The van der Waals surface area contributed by atoms with Crippen LogP contribution in [0.2, 0.25) is 0 Å². The van der Waals surface area contributed by atoms with Crippen LogP contribution in [0.15, 0.2) is 0 Å². The molecule has 0 amide bonds. The normalized spacial score (nSPS) is 16.8. The summed E-state index contributed by atoms with van der Waals surface area (Å²) in [7, 11) is 0. The third-order valence-corrected chi connectivity index (χ3v) is 3.99. The minimum absolute atomic E-state index is 0.544. The van der Waals surface area contributed by atoms with E-state index in [0.717, 1.165) is 32.1 Å². The van der Waals surface area contributed by atoms with Gasteiger partial charge in [0.15, 0.2) is 0 Å². The minimum Gasteiger partial charge on any atom is -0.313 e. The van der Waals surface area contributed by atoms with Crippen LogP contribution in [0.25, 0.3) is 0 Å². The van der Waals surface area contributed by atoms with Gasteiger partial charge >= 0.3 is 0 Å². The van der Waals surface area contributed by atoms with E-state index in [1.165, 1.54) is 29.8 Å². The Morgan fingerprint density at radius 1 is 1.37 bits per heavy atom. The summed E-state index contributed by atoms with van der Waals surface area (Å²) < 4.78 is 2.10. The van der Waals surface area contributed by atoms with E-state index in [-0.39, 0.29) is 0 Å². The lowest BCUT2D eigenvalue weighted by atomic mass is 10.1. The van der Waals surface area contributed by atoms with Crippen LogP contribution in [0.4, 0.5) is 0 Å². The van der Waals surface area contributed by atoms with Gasteiger partial charge in [-0.05, 0) is 59.1 Å². The molecule has 0 radical (unpaired) electrons. The Labute approximate surface area is 117 Å².